The highest BCUT2D eigenvalue weighted by Crippen LogP contribution is 2.27. The Morgan fingerprint density at radius 1 is 1.13 bits per heavy atom. The number of carbonyl (C=O) groups excluding carboxylic acids is 1. The lowest BCUT2D eigenvalue weighted by Crippen LogP contribution is -2.10. The molecule has 7 heteroatoms. The van der Waals surface area contributed by atoms with Crippen LogP contribution >= 0.6 is 0 Å². The molecule has 0 aromatic heterocycles. The van der Waals surface area contributed by atoms with Crippen molar-refractivity contribution in [3.63, 3.8) is 0 Å². The van der Waals surface area contributed by atoms with Gasteiger partial charge in [0.1, 0.15) is 6.29 Å². The number of ether oxygens (including phenoxy) is 2. The van der Waals surface area contributed by atoms with Gasteiger partial charge in [-0.15, -0.1) is 0 Å². The summed E-state index contributed by atoms with van der Waals surface area (Å²) in [6.07, 6.45) is 1.71. The minimum Gasteiger partial charge on any atom is -0.493 e. The van der Waals surface area contributed by atoms with E-state index in [1.54, 1.807) is 18.2 Å². The van der Waals surface area contributed by atoms with Gasteiger partial charge in [0.05, 0.1) is 19.8 Å². The van der Waals surface area contributed by atoms with E-state index in [0.29, 0.717) is 36.5 Å². The highest BCUT2D eigenvalue weighted by molar-refractivity contribution is 5.76. The number of aldehydes is 1. The molecule has 0 heterocycles. The van der Waals surface area contributed by atoms with E-state index in [0.717, 1.165) is 6.29 Å². The monoisotopic (exact) mass is 331 g/mol. The lowest BCUT2D eigenvalue weighted by molar-refractivity contribution is 0.112. The average molecular weight is 331 g/mol. The number of nitrogens with two attached hydrogens (primary N) is 3. The number of hydrogen-bond acceptors (Lipinski definition) is 7. The summed E-state index contributed by atoms with van der Waals surface area (Å²) in [6, 6.07) is 4.99. The summed E-state index contributed by atoms with van der Waals surface area (Å²) in [4.78, 5) is 10.6. The van der Waals surface area contributed by atoms with Crippen molar-refractivity contribution in [2.75, 3.05) is 34.9 Å². The molecule has 1 unspecified atom stereocenters. The summed E-state index contributed by atoms with van der Waals surface area (Å²) >= 11 is 0. The van der Waals surface area contributed by atoms with Gasteiger partial charge in [0, 0.05) is 12.0 Å². The average Bonchev–Trinajstić information content (AvgIpc) is 2.66. The molecular weight excluding hydrogens is 298 g/mol. The predicted molar refractivity (Wildman–Crippen MR) is 95.1 cm³/mol. The molecule has 0 aliphatic heterocycles. The third-order valence-corrected chi connectivity index (χ3v) is 2.50. The highest BCUT2D eigenvalue weighted by atomic mass is 16.5. The molecule has 0 spiro atoms. The molecule has 0 aliphatic rings. The fourth-order valence-corrected chi connectivity index (χ4v) is 1.39. The van der Waals surface area contributed by atoms with E-state index < -0.39 is 0 Å². The molecule has 1 atom stereocenters. The molecule has 0 aliphatic carbocycles. The molecule has 1 rings (SSSR count). The molecule has 0 radical (unpaired) electrons. The number of carbonyl (C=O) groups is 1. The Kier molecular flexibility index (Phi) is 23.2. The third kappa shape index (κ3) is 12.5. The van der Waals surface area contributed by atoms with E-state index in [-0.39, 0.29) is 6.10 Å². The van der Waals surface area contributed by atoms with Crippen LogP contribution in [-0.4, -0.2) is 52.4 Å². The number of methoxy groups -OCH3 is 1. The zero-order valence-corrected chi connectivity index (χ0v) is 14.9. The fourth-order valence-electron chi connectivity index (χ4n) is 1.39. The van der Waals surface area contributed by atoms with Gasteiger partial charge in [0.2, 0.25) is 0 Å². The second kappa shape index (κ2) is 20.3. The van der Waals surface area contributed by atoms with Gasteiger partial charge in [-0.2, -0.15) is 0 Å². The first-order chi connectivity index (χ1) is 11.2. The van der Waals surface area contributed by atoms with Crippen LogP contribution in [0.1, 0.15) is 30.1 Å². The maximum atomic E-state index is 10.6. The Balaban J connectivity index is -0.000000595. The first kappa shape index (κ1) is 26.2. The number of benzene rings is 1. The maximum absolute atomic E-state index is 10.6. The van der Waals surface area contributed by atoms with Crippen LogP contribution in [0.3, 0.4) is 0 Å². The maximum Gasteiger partial charge on any atom is 0.161 e. The molecule has 1 aromatic carbocycles. The van der Waals surface area contributed by atoms with Gasteiger partial charge in [-0.05, 0) is 45.8 Å². The summed E-state index contributed by atoms with van der Waals surface area (Å²) in [5, 5.41) is 9.39. The lowest BCUT2D eigenvalue weighted by atomic mass is 10.2. The molecule has 7 nitrogen and oxygen atoms in total. The first-order valence-electron chi connectivity index (χ1n) is 7.38. The summed E-state index contributed by atoms with van der Waals surface area (Å²) < 4.78 is 10.6. The van der Waals surface area contributed by atoms with Crippen LogP contribution in [0.4, 0.5) is 0 Å². The third-order valence-electron chi connectivity index (χ3n) is 2.50. The highest BCUT2D eigenvalue weighted by Gasteiger charge is 2.07. The number of aliphatic hydroxyl groups excluding tert-OH is 1. The smallest absolute Gasteiger partial charge is 0.161 e. The molecular formula is C16H33N3O4. The Bertz CT molecular complexity index is 376. The standard InChI is InChI=1S/C13H18O4.3CH5N/c1-3-11(15)6-7-17-12-5-4-10(9-14)8-13(12)16-2;3*1-2/h4-5,8-9,11,15H,3,6-7H2,1-2H3;3*2H2,1H3. The van der Waals surface area contributed by atoms with Crippen molar-refractivity contribution in [2.24, 2.45) is 17.2 Å². The summed E-state index contributed by atoms with van der Waals surface area (Å²) in [5.74, 6) is 1.11. The molecule has 23 heavy (non-hydrogen) atoms. The van der Waals surface area contributed by atoms with Gasteiger partial charge in [-0.25, -0.2) is 0 Å². The van der Waals surface area contributed by atoms with Crippen LogP contribution in [0.25, 0.3) is 0 Å². The minimum absolute atomic E-state index is 0.338. The first-order valence-corrected chi connectivity index (χ1v) is 7.38. The molecule has 0 fully saturated rings. The Morgan fingerprint density at radius 2 is 1.70 bits per heavy atom. The number of aliphatic hydroxyl groups is 1. The van der Waals surface area contributed by atoms with E-state index in [4.69, 9.17) is 9.47 Å². The molecule has 0 bridgehead atoms. The van der Waals surface area contributed by atoms with Crippen LogP contribution in [-0.2, 0) is 0 Å². The van der Waals surface area contributed by atoms with E-state index >= 15 is 0 Å². The number of hydrogen-bond donors (Lipinski definition) is 4. The van der Waals surface area contributed by atoms with Gasteiger partial charge < -0.3 is 31.8 Å². The van der Waals surface area contributed by atoms with Gasteiger partial charge in [-0.3, -0.25) is 4.79 Å². The van der Waals surface area contributed by atoms with Crippen molar-refractivity contribution >= 4 is 6.29 Å². The van der Waals surface area contributed by atoms with E-state index in [1.807, 2.05) is 6.92 Å². The molecule has 0 saturated heterocycles. The van der Waals surface area contributed by atoms with Gasteiger partial charge in [-0.1, -0.05) is 6.92 Å². The molecule has 7 N–H and O–H groups in total. The Morgan fingerprint density at radius 3 is 2.13 bits per heavy atom. The van der Waals surface area contributed by atoms with Crippen LogP contribution in [0.15, 0.2) is 18.2 Å². The van der Waals surface area contributed by atoms with E-state index in [9.17, 15) is 9.90 Å². The fraction of sp³-hybridized carbons (Fsp3) is 0.562. The van der Waals surface area contributed by atoms with Gasteiger partial charge in [0.25, 0.3) is 0 Å². The van der Waals surface area contributed by atoms with Crippen LogP contribution < -0.4 is 26.7 Å². The van der Waals surface area contributed by atoms with E-state index in [1.165, 1.54) is 28.3 Å². The second-order valence-corrected chi connectivity index (χ2v) is 3.73. The lowest BCUT2D eigenvalue weighted by Gasteiger charge is -2.12. The van der Waals surface area contributed by atoms with E-state index in [2.05, 4.69) is 17.2 Å². The summed E-state index contributed by atoms with van der Waals surface area (Å²) in [6.45, 7) is 2.34. The largest absolute Gasteiger partial charge is 0.493 e. The zero-order chi connectivity index (χ0) is 18.7. The zero-order valence-electron chi connectivity index (χ0n) is 14.9. The number of rotatable bonds is 7. The molecule has 0 saturated carbocycles. The minimum atomic E-state index is -0.338. The summed E-state index contributed by atoms with van der Waals surface area (Å²) in [7, 11) is 6.03. The Hall–Kier alpha value is -1.67. The van der Waals surface area contributed by atoms with Crippen molar-refractivity contribution in [1.82, 2.24) is 0 Å². The summed E-state index contributed by atoms with van der Waals surface area (Å²) in [5.41, 5.74) is 14.0. The van der Waals surface area contributed by atoms with Crippen molar-refractivity contribution in [1.29, 1.82) is 0 Å². The SMILES string of the molecule is CCC(O)CCOc1ccc(C=O)cc1OC.CN.CN.CN. The van der Waals surface area contributed by atoms with Crippen molar-refractivity contribution in [2.45, 2.75) is 25.9 Å². The topological polar surface area (TPSA) is 134 Å². The van der Waals surface area contributed by atoms with Crippen molar-refractivity contribution in [3.05, 3.63) is 23.8 Å². The van der Waals surface area contributed by atoms with Crippen molar-refractivity contribution in [3.8, 4) is 11.5 Å². The quantitative estimate of drug-likeness (QED) is 0.542. The van der Waals surface area contributed by atoms with Crippen LogP contribution in [0.5, 0.6) is 11.5 Å². The second-order valence-electron chi connectivity index (χ2n) is 3.73. The van der Waals surface area contributed by atoms with Crippen LogP contribution in [0, 0.1) is 0 Å². The molecule has 0 amide bonds. The van der Waals surface area contributed by atoms with Gasteiger partial charge in [0.15, 0.2) is 11.5 Å². The predicted octanol–water partition coefficient (Wildman–Crippen LogP) is 0.772. The molecule has 1 aromatic rings. The Labute approximate surface area is 139 Å². The van der Waals surface area contributed by atoms with Gasteiger partial charge >= 0.3 is 0 Å². The van der Waals surface area contributed by atoms with Crippen molar-refractivity contribution < 1.29 is 19.4 Å². The normalized spacial score (nSPS) is 9.61. The van der Waals surface area contributed by atoms with Crippen LogP contribution in [0.2, 0.25) is 0 Å². The molecule has 136 valence electrons.